The van der Waals surface area contributed by atoms with Gasteiger partial charge in [0.25, 0.3) is 0 Å². The third kappa shape index (κ3) is 6.02. The van der Waals surface area contributed by atoms with E-state index in [9.17, 15) is 9.90 Å². The Bertz CT molecular complexity index is 1340. The molecular weight excluding hydrogens is 486 g/mol. The molecule has 0 bridgehead atoms. The molecule has 37 heavy (non-hydrogen) atoms. The van der Waals surface area contributed by atoms with Crippen molar-refractivity contribution >= 4 is 27.2 Å². The molecule has 1 fully saturated rings. The molecule has 3 aromatic carbocycles. The van der Waals surface area contributed by atoms with Crippen molar-refractivity contribution < 1.29 is 24.4 Å². The Morgan fingerprint density at radius 1 is 0.973 bits per heavy atom. The van der Waals surface area contributed by atoms with Gasteiger partial charge in [0.15, 0.2) is 5.78 Å². The summed E-state index contributed by atoms with van der Waals surface area (Å²) in [5, 5.41) is 10.7. The molecule has 0 saturated carbocycles. The van der Waals surface area contributed by atoms with Crippen molar-refractivity contribution in [3.63, 3.8) is 0 Å². The van der Waals surface area contributed by atoms with Crippen molar-refractivity contribution in [2.24, 2.45) is 0 Å². The SMILES string of the molecule is COOCc1ccc2c(C(=O)c3ccc(OCCN4CCCCC4)cc3)c(-c3ccc(O)cc3)sc2c1. The van der Waals surface area contributed by atoms with E-state index in [1.54, 1.807) is 23.5 Å². The van der Waals surface area contributed by atoms with E-state index in [4.69, 9.17) is 14.5 Å². The Balaban J connectivity index is 1.40. The van der Waals surface area contributed by atoms with Crippen molar-refractivity contribution in [2.45, 2.75) is 25.9 Å². The highest BCUT2D eigenvalue weighted by molar-refractivity contribution is 7.22. The Hall–Kier alpha value is -3.23. The second kappa shape index (κ2) is 11.9. The van der Waals surface area contributed by atoms with Gasteiger partial charge in [-0.05, 0) is 91.7 Å². The third-order valence-corrected chi connectivity index (χ3v) is 7.90. The molecule has 0 unspecified atom stereocenters. The lowest BCUT2D eigenvalue weighted by atomic mass is 9.97. The lowest BCUT2D eigenvalue weighted by Gasteiger charge is -2.26. The van der Waals surface area contributed by atoms with Crippen LogP contribution >= 0.6 is 11.3 Å². The van der Waals surface area contributed by atoms with Gasteiger partial charge in [0.05, 0.1) is 7.11 Å². The molecule has 192 valence electrons. The number of piperidine rings is 1. The fourth-order valence-corrected chi connectivity index (χ4v) is 5.99. The minimum atomic E-state index is -0.0462. The zero-order chi connectivity index (χ0) is 25.6. The standard InChI is InChI=1S/C30H31NO5S/c1-34-36-20-21-5-14-26-27(19-21)37-30(23-6-10-24(32)11-7-23)28(26)29(33)22-8-12-25(13-9-22)35-18-17-31-15-3-2-4-16-31/h5-14,19,32H,2-4,15-18,20H2,1H3. The van der Waals surface area contributed by atoms with Crippen LogP contribution in [-0.2, 0) is 16.4 Å². The summed E-state index contributed by atoms with van der Waals surface area (Å²) in [6.07, 6.45) is 3.86. The number of aromatic hydroxyl groups is 1. The summed E-state index contributed by atoms with van der Waals surface area (Å²) in [5.41, 5.74) is 3.10. The summed E-state index contributed by atoms with van der Waals surface area (Å²) in [4.78, 5) is 27.0. The minimum absolute atomic E-state index is 0.0462. The molecule has 1 aliphatic heterocycles. The predicted molar refractivity (Wildman–Crippen MR) is 146 cm³/mol. The maximum Gasteiger partial charge on any atom is 0.195 e. The van der Waals surface area contributed by atoms with Gasteiger partial charge in [-0.2, -0.15) is 0 Å². The number of fused-ring (bicyclic) bond motifs is 1. The lowest BCUT2D eigenvalue weighted by molar-refractivity contribution is -0.282. The molecule has 0 radical (unpaired) electrons. The van der Waals surface area contributed by atoms with E-state index in [0.29, 0.717) is 24.3 Å². The summed E-state index contributed by atoms with van der Waals surface area (Å²) in [7, 11) is 1.48. The van der Waals surface area contributed by atoms with Gasteiger partial charge in [0, 0.05) is 32.6 Å². The fourth-order valence-electron chi connectivity index (χ4n) is 4.72. The molecule has 2 heterocycles. The van der Waals surface area contributed by atoms with E-state index in [1.165, 1.54) is 26.4 Å². The van der Waals surface area contributed by atoms with E-state index in [0.717, 1.165) is 51.5 Å². The van der Waals surface area contributed by atoms with Gasteiger partial charge in [-0.1, -0.05) is 18.6 Å². The molecule has 6 nitrogen and oxygen atoms in total. The first-order chi connectivity index (χ1) is 18.1. The Labute approximate surface area is 220 Å². The van der Waals surface area contributed by atoms with Crippen LogP contribution in [0.1, 0.15) is 40.7 Å². The van der Waals surface area contributed by atoms with Gasteiger partial charge in [0.1, 0.15) is 24.7 Å². The van der Waals surface area contributed by atoms with Crippen LogP contribution in [0.5, 0.6) is 11.5 Å². The molecule has 1 aromatic heterocycles. The number of carbonyl (C=O) groups is 1. The van der Waals surface area contributed by atoms with Gasteiger partial charge in [-0.25, -0.2) is 9.78 Å². The predicted octanol–water partition coefficient (Wildman–Crippen LogP) is 6.45. The van der Waals surface area contributed by atoms with E-state index >= 15 is 0 Å². The quantitative estimate of drug-likeness (QED) is 0.148. The molecule has 5 rings (SSSR count). The number of nitrogens with zero attached hydrogens (tertiary/aromatic N) is 1. The smallest absolute Gasteiger partial charge is 0.195 e. The molecule has 1 N–H and O–H groups in total. The molecule has 4 aromatic rings. The van der Waals surface area contributed by atoms with Crippen LogP contribution in [0.15, 0.2) is 66.7 Å². The maximum absolute atomic E-state index is 13.8. The van der Waals surface area contributed by atoms with Gasteiger partial charge >= 0.3 is 0 Å². The number of hydrogen-bond acceptors (Lipinski definition) is 7. The number of benzene rings is 3. The molecule has 0 atom stereocenters. The molecule has 7 heteroatoms. The van der Waals surface area contributed by atoms with Gasteiger partial charge < -0.3 is 9.84 Å². The molecule has 0 aliphatic carbocycles. The Morgan fingerprint density at radius 2 is 1.73 bits per heavy atom. The van der Waals surface area contributed by atoms with Crippen molar-refractivity contribution in [1.29, 1.82) is 0 Å². The van der Waals surface area contributed by atoms with E-state index in [1.807, 2.05) is 54.6 Å². The number of rotatable bonds is 10. The van der Waals surface area contributed by atoms with Crippen LogP contribution in [0, 0.1) is 0 Å². The van der Waals surface area contributed by atoms with Crippen LogP contribution in [0.3, 0.4) is 0 Å². The zero-order valence-electron chi connectivity index (χ0n) is 20.9. The number of thiophene rings is 1. The number of phenols is 1. The number of hydrogen-bond donors (Lipinski definition) is 1. The molecule has 0 amide bonds. The summed E-state index contributed by atoms with van der Waals surface area (Å²) in [6, 6.07) is 20.3. The van der Waals surface area contributed by atoms with Crippen LogP contribution < -0.4 is 4.74 Å². The van der Waals surface area contributed by atoms with Crippen molar-refractivity contribution in [3.05, 3.63) is 83.4 Å². The van der Waals surface area contributed by atoms with E-state index in [-0.39, 0.29) is 11.5 Å². The average Bonchev–Trinajstić information content (AvgIpc) is 3.31. The molecule has 0 spiro atoms. The third-order valence-electron chi connectivity index (χ3n) is 6.70. The van der Waals surface area contributed by atoms with E-state index < -0.39 is 0 Å². The monoisotopic (exact) mass is 517 g/mol. The zero-order valence-corrected chi connectivity index (χ0v) is 21.8. The Kier molecular flexibility index (Phi) is 8.16. The van der Waals surface area contributed by atoms with Crippen LogP contribution in [-0.4, -0.2) is 49.1 Å². The summed E-state index contributed by atoms with van der Waals surface area (Å²) in [6.45, 7) is 4.18. The fraction of sp³-hybridized carbons (Fsp3) is 0.300. The van der Waals surface area contributed by atoms with Gasteiger partial charge in [-0.3, -0.25) is 9.69 Å². The number of carbonyl (C=O) groups excluding carboxylic acids is 1. The maximum atomic E-state index is 13.8. The van der Waals surface area contributed by atoms with Crippen LogP contribution in [0.2, 0.25) is 0 Å². The van der Waals surface area contributed by atoms with Crippen molar-refractivity contribution in [3.8, 4) is 21.9 Å². The number of likely N-dealkylation sites (tertiary alicyclic amines) is 1. The normalized spacial score (nSPS) is 14.2. The number of phenolic OH excluding ortho intramolecular Hbond substituents is 1. The summed E-state index contributed by atoms with van der Waals surface area (Å²) >= 11 is 1.55. The van der Waals surface area contributed by atoms with Gasteiger partial charge in [0.2, 0.25) is 0 Å². The number of ether oxygens (including phenoxy) is 1. The first-order valence-corrected chi connectivity index (χ1v) is 13.4. The summed E-state index contributed by atoms with van der Waals surface area (Å²) < 4.78 is 6.94. The van der Waals surface area contributed by atoms with Crippen LogP contribution in [0.4, 0.5) is 0 Å². The summed E-state index contributed by atoms with van der Waals surface area (Å²) in [5.74, 6) is 0.910. The Morgan fingerprint density at radius 3 is 2.46 bits per heavy atom. The molecular formula is C30H31NO5S. The average molecular weight is 518 g/mol. The minimum Gasteiger partial charge on any atom is -0.508 e. The molecule has 1 saturated heterocycles. The topological polar surface area (TPSA) is 68.2 Å². The number of ketones is 1. The first kappa shape index (κ1) is 25.4. The highest BCUT2D eigenvalue weighted by Crippen LogP contribution is 2.41. The van der Waals surface area contributed by atoms with Crippen molar-refractivity contribution in [1.82, 2.24) is 4.90 Å². The van der Waals surface area contributed by atoms with Crippen LogP contribution in [0.25, 0.3) is 20.5 Å². The molecule has 1 aliphatic rings. The first-order valence-electron chi connectivity index (χ1n) is 12.6. The lowest BCUT2D eigenvalue weighted by Crippen LogP contribution is -2.33. The van der Waals surface area contributed by atoms with E-state index in [2.05, 4.69) is 4.90 Å². The second-order valence-electron chi connectivity index (χ2n) is 9.22. The van der Waals surface area contributed by atoms with Gasteiger partial charge in [-0.15, -0.1) is 11.3 Å². The highest BCUT2D eigenvalue weighted by Gasteiger charge is 2.22. The second-order valence-corrected chi connectivity index (χ2v) is 10.3. The highest BCUT2D eigenvalue weighted by atomic mass is 32.1. The van der Waals surface area contributed by atoms with Crippen molar-refractivity contribution in [2.75, 3.05) is 33.4 Å². The largest absolute Gasteiger partial charge is 0.508 e.